The molecule has 0 aliphatic heterocycles. The second kappa shape index (κ2) is 7.16. The van der Waals surface area contributed by atoms with Gasteiger partial charge >= 0.3 is 0 Å². The number of nitrogens with zero attached hydrogens (tertiary/aromatic N) is 2. The van der Waals surface area contributed by atoms with Crippen molar-refractivity contribution >= 4 is 40.0 Å². The molecular weight excluding hydrogens is 360 g/mol. The Bertz CT molecular complexity index is 1040. The number of para-hydroxylation sites is 1. The standard InChI is InChI=1S/C17H11ClN4O4/c18-13-7-6-11(22(25)26)9-12(13)16(23)20-21-17(24)15-8-5-10-3-1-2-4-14(10)19-15/h1-9H,(H,20,23)(H,21,24). The lowest BCUT2D eigenvalue weighted by Gasteiger charge is -2.08. The second-order valence-corrected chi connectivity index (χ2v) is 5.63. The van der Waals surface area contributed by atoms with Crippen molar-refractivity contribution in [2.75, 3.05) is 0 Å². The lowest BCUT2D eigenvalue weighted by Crippen LogP contribution is -2.42. The van der Waals surface area contributed by atoms with E-state index in [0.717, 1.165) is 11.5 Å². The third-order valence-electron chi connectivity index (χ3n) is 3.53. The highest BCUT2D eigenvalue weighted by Crippen LogP contribution is 2.21. The van der Waals surface area contributed by atoms with Crippen LogP contribution in [0, 0.1) is 10.1 Å². The van der Waals surface area contributed by atoms with Crippen LogP contribution in [-0.2, 0) is 0 Å². The number of amides is 2. The number of aromatic nitrogens is 1. The van der Waals surface area contributed by atoms with Gasteiger partial charge in [-0.1, -0.05) is 35.9 Å². The number of hydrogen-bond donors (Lipinski definition) is 2. The summed E-state index contributed by atoms with van der Waals surface area (Å²) < 4.78 is 0. The molecule has 2 N–H and O–H groups in total. The summed E-state index contributed by atoms with van der Waals surface area (Å²) in [4.78, 5) is 38.6. The number of halogens is 1. The average Bonchev–Trinajstić information content (AvgIpc) is 2.65. The Kier molecular flexibility index (Phi) is 4.76. The van der Waals surface area contributed by atoms with Crippen LogP contribution >= 0.6 is 11.6 Å². The Morgan fingerprint density at radius 2 is 1.73 bits per heavy atom. The maximum Gasteiger partial charge on any atom is 0.288 e. The summed E-state index contributed by atoms with van der Waals surface area (Å²) in [6, 6.07) is 14.0. The van der Waals surface area contributed by atoms with E-state index < -0.39 is 16.7 Å². The average molecular weight is 371 g/mol. The first-order valence-electron chi connectivity index (χ1n) is 7.36. The first-order chi connectivity index (χ1) is 12.5. The van der Waals surface area contributed by atoms with Crippen LogP contribution in [0.15, 0.2) is 54.6 Å². The van der Waals surface area contributed by atoms with E-state index in [9.17, 15) is 19.7 Å². The van der Waals surface area contributed by atoms with E-state index in [-0.39, 0.29) is 22.0 Å². The topological polar surface area (TPSA) is 114 Å². The maximum absolute atomic E-state index is 12.2. The summed E-state index contributed by atoms with van der Waals surface area (Å²) in [5.74, 6) is -1.42. The molecule has 2 aromatic carbocycles. The number of benzene rings is 2. The quantitative estimate of drug-likeness (QED) is 0.543. The van der Waals surface area contributed by atoms with Gasteiger partial charge in [-0.05, 0) is 18.2 Å². The van der Waals surface area contributed by atoms with Gasteiger partial charge in [-0.25, -0.2) is 4.98 Å². The molecule has 8 nitrogen and oxygen atoms in total. The third kappa shape index (κ3) is 3.60. The fourth-order valence-electron chi connectivity index (χ4n) is 2.24. The lowest BCUT2D eigenvalue weighted by atomic mass is 10.2. The Balaban J connectivity index is 1.73. The van der Waals surface area contributed by atoms with Gasteiger partial charge in [0.2, 0.25) is 0 Å². The van der Waals surface area contributed by atoms with Gasteiger partial charge in [0.1, 0.15) is 5.69 Å². The highest BCUT2D eigenvalue weighted by atomic mass is 35.5. The second-order valence-electron chi connectivity index (χ2n) is 5.22. The fraction of sp³-hybridized carbons (Fsp3) is 0. The summed E-state index contributed by atoms with van der Waals surface area (Å²) in [7, 11) is 0. The molecule has 3 aromatic rings. The minimum absolute atomic E-state index is 0.0196. The number of hydrazine groups is 1. The number of hydrogen-bond acceptors (Lipinski definition) is 5. The number of non-ortho nitro benzene ring substituents is 1. The van der Waals surface area contributed by atoms with E-state index in [2.05, 4.69) is 15.8 Å². The van der Waals surface area contributed by atoms with Crippen molar-refractivity contribution in [3.05, 3.63) is 81.0 Å². The van der Waals surface area contributed by atoms with Crippen molar-refractivity contribution in [2.45, 2.75) is 0 Å². The van der Waals surface area contributed by atoms with Gasteiger partial charge in [0.05, 0.1) is 21.0 Å². The number of nitro benzene ring substituents is 1. The predicted octanol–water partition coefficient (Wildman–Crippen LogP) is 2.87. The van der Waals surface area contributed by atoms with Crippen LogP contribution in [0.1, 0.15) is 20.8 Å². The number of carbonyl (C=O) groups excluding carboxylic acids is 2. The molecule has 9 heteroatoms. The van der Waals surface area contributed by atoms with Crippen LogP contribution in [0.3, 0.4) is 0 Å². The molecular formula is C17H11ClN4O4. The molecule has 1 aromatic heterocycles. The minimum Gasteiger partial charge on any atom is -0.267 e. The van der Waals surface area contributed by atoms with Crippen LogP contribution in [0.5, 0.6) is 0 Å². The summed E-state index contributed by atoms with van der Waals surface area (Å²) in [5, 5.41) is 11.7. The molecule has 0 unspecified atom stereocenters. The van der Waals surface area contributed by atoms with Crippen LogP contribution < -0.4 is 10.9 Å². The zero-order valence-corrected chi connectivity index (χ0v) is 13.9. The third-order valence-corrected chi connectivity index (χ3v) is 3.86. The molecule has 3 rings (SSSR count). The Hall–Kier alpha value is -3.52. The molecule has 1 heterocycles. The summed E-state index contributed by atoms with van der Waals surface area (Å²) in [5.41, 5.74) is 4.69. The SMILES string of the molecule is O=C(NNC(=O)c1cc([N+](=O)[O-])ccc1Cl)c1ccc2ccccc2n1. The molecule has 0 aliphatic rings. The van der Waals surface area contributed by atoms with Crippen LogP contribution in [0.2, 0.25) is 5.02 Å². The molecule has 0 bridgehead atoms. The molecule has 0 atom stereocenters. The number of fused-ring (bicyclic) bond motifs is 1. The number of nitrogens with one attached hydrogen (secondary N) is 2. The molecule has 0 aliphatic carbocycles. The van der Waals surface area contributed by atoms with Gasteiger partial charge in [-0.15, -0.1) is 0 Å². The molecule has 0 spiro atoms. The van der Waals surface area contributed by atoms with E-state index >= 15 is 0 Å². The number of nitro groups is 1. The van der Waals surface area contributed by atoms with Gasteiger partial charge in [0.15, 0.2) is 0 Å². The summed E-state index contributed by atoms with van der Waals surface area (Å²) in [6.45, 7) is 0. The monoisotopic (exact) mass is 370 g/mol. The van der Waals surface area contributed by atoms with Gasteiger partial charge in [-0.2, -0.15) is 0 Å². The molecule has 0 fully saturated rings. The number of carbonyl (C=O) groups is 2. The van der Waals surface area contributed by atoms with Crippen molar-refractivity contribution in [1.29, 1.82) is 0 Å². The van der Waals surface area contributed by atoms with E-state index in [0.29, 0.717) is 5.52 Å². The zero-order chi connectivity index (χ0) is 18.7. The van der Waals surface area contributed by atoms with Crippen molar-refractivity contribution in [1.82, 2.24) is 15.8 Å². The lowest BCUT2D eigenvalue weighted by molar-refractivity contribution is -0.384. The molecule has 26 heavy (non-hydrogen) atoms. The predicted molar refractivity (Wildman–Crippen MR) is 94.8 cm³/mol. The van der Waals surface area contributed by atoms with Crippen molar-refractivity contribution < 1.29 is 14.5 Å². The normalized spacial score (nSPS) is 10.3. The zero-order valence-electron chi connectivity index (χ0n) is 13.1. The van der Waals surface area contributed by atoms with E-state index in [1.54, 1.807) is 18.2 Å². The highest BCUT2D eigenvalue weighted by molar-refractivity contribution is 6.34. The van der Waals surface area contributed by atoms with Crippen molar-refractivity contribution in [3.63, 3.8) is 0 Å². The van der Waals surface area contributed by atoms with E-state index in [4.69, 9.17) is 11.6 Å². The van der Waals surface area contributed by atoms with Crippen molar-refractivity contribution in [2.24, 2.45) is 0 Å². The van der Waals surface area contributed by atoms with E-state index in [1.165, 1.54) is 18.2 Å². The van der Waals surface area contributed by atoms with Crippen LogP contribution in [-0.4, -0.2) is 21.7 Å². The summed E-state index contributed by atoms with van der Waals surface area (Å²) >= 11 is 5.88. The first kappa shape index (κ1) is 17.3. The molecule has 130 valence electrons. The largest absolute Gasteiger partial charge is 0.288 e. The summed E-state index contributed by atoms with van der Waals surface area (Å²) in [6.07, 6.45) is 0. The Morgan fingerprint density at radius 1 is 1.00 bits per heavy atom. The Labute approximate surface area is 151 Å². The first-order valence-corrected chi connectivity index (χ1v) is 7.74. The van der Waals surface area contributed by atoms with Gasteiger partial charge in [-0.3, -0.25) is 30.6 Å². The number of pyridine rings is 1. The fourth-order valence-corrected chi connectivity index (χ4v) is 2.44. The molecule has 2 amide bonds. The molecule has 0 saturated heterocycles. The van der Waals surface area contributed by atoms with Gasteiger partial charge in [0.25, 0.3) is 17.5 Å². The van der Waals surface area contributed by atoms with Crippen molar-refractivity contribution in [3.8, 4) is 0 Å². The van der Waals surface area contributed by atoms with Crippen LogP contribution in [0.4, 0.5) is 5.69 Å². The Morgan fingerprint density at radius 3 is 2.50 bits per heavy atom. The van der Waals surface area contributed by atoms with E-state index in [1.807, 2.05) is 12.1 Å². The van der Waals surface area contributed by atoms with Gasteiger partial charge < -0.3 is 0 Å². The highest BCUT2D eigenvalue weighted by Gasteiger charge is 2.17. The smallest absolute Gasteiger partial charge is 0.267 e. The molecule has 0 saturated carbocycles. The minimum atomic E-state index is -0.784. The molecule has 0 radical (unpaired) electrons. The maximum atomic E-state index is 12.2. The van der Waals surface area contributed by atoms with Crippen LogP contribution in [0.25, 0.3) is 10.9 Å². The number of rotatable bonds is 3. The van der Waals surface area contributed by atoms with Gasteiger partial charge in [0, 0.05) is 17.5 Å².